The van der Waals surface area contributed by atoms with Crippen molar-refractivity contribution in [3.63, 3.8) is 0 Å². The molecule has 0 aliphatic carbocycles. The third-order valence-corrected chi connectivity index (χ3v) is 4.00. The first-order chi connectivity index (χ1) is 13.5. The second-order valence-electron chi connectivity index (χ2n) is 8.68. The molecule has 1 N–H and O–H groups in total. The van der Waals surface area contributed by atoms with E-state index in [1.165, 1.54) is 6.08 Å². The van der Waals surface area contributed by atoms with Crippen molar-refractivity contribution in [2.45, 2.75) is 41.5 Å². The Kier molecular flexibility index (Phi) is 9.01. The molecule has 3 rings (SSSR count). The van der Waals surface area contributed by atoms with Crippen molar-refractivity contribution in [2.75, 3.05) is 0 Å². The fourth-order valence-electron chi connectivity index (χ4n) is 2.04. The van der Waals surface area contributed by atoms with Crippen LogP contribution in [0.25, 0.3) is 11.0 Å². The van der Waals surface area contributed by atoms with Gasteiger partial charge in [-0.3, -0.25) is 4.79 Å². The van der Waals surface area contributed by atoms with E-state index in [-0.39, 0.29) is 37.1 Å². The van der Waals surface area contributed by atoms with E-state index in [1.54, 1.807) is 18.5 Å². The summed E-state index contributed by atoms with van der Waals surface area (Å²) in [7, 11) is 0. The molecule has 0 amide bonds. The summed E-state index contributed by atoms with van der Waals surface area (Å²) in [6, 6.07) is 14.1. The summed E-state index contributed by atoms with van der Waals surface area (Å²) in [6.45, 7) is 11.1. The summed E-state index contributed by atoms with van der Waals surface area (Å²) in [5, 5.41) is 10.5. The summed E-state index contributed by atoms with van der Waals surface area (Å²) in [6.07, 6.45) is 4.64. The van der Waals surface area contributed by atoms with E-state index in [2.05, 4.69) is 11.1 Å². The number of ether oxygens (including phenoxy) is 1. The van der Waals surface area contributed by atoms with Gasteiger partial charge in [-0.1, -0.05) is 41.5 Å². The molecule has 3 aromatic rings. The number of carbonyl (C=O) groups is 1. The number of benzene rings is 1. The van der Waals surface area contributed by atoms with E-state index >= 15 is 0 Å². The SMILES string of the molecule is CC(C)(C)C(=O)/C=C(\O)C(C)(C)C.[Ir].[c-]1ccccc1Oc1nccc2ccoc12. The second-order valence-corrected chi connectivity index (χ2v) is 8.68. The fraction of sp³-hybridized carbons (Fsp3) is 0.333. The third-order valence-electron chi connectivity index (χ3n) is 4.00. The van der Waals surface area contributed by atoms with Crippen LogP contribution in [-0.4, -0.2) is 15.9 Å². The van der Waals surface area contributed by atoms with Gasteiger partial charge in [0.2, 0.25) is 0 Å². The maximum Gasteiger partial charge on any atom is 0.261 e. The number of aliphatic hydroxyl groups excluding tert-OH is 1. The molecule has 0 saturated heterocycles. The van der Waals surface area contributed by atoms with Crippen molar-refractivity contribution >= 4 is 16.8 Å². The number of hydrogen-bond donors (Lipinski definition) is 1. The quantitative estimate of drug-likeness (QED) is 0.215. The Bertz CT molecular complexity index is 980. The van der Waals surface area contributed by atoms with Crippen molar-refractivity contribution in [2.24, 2.45) is 10.8 Å². The van der Waals surface area contributed by atoms with Gasteiger partial charge in [0, 0.05) is 54.3 Å². The topological polar surface area (TPSA) is 72.6 Å². The van der Waals surface area contributed by atoms with E-state index in [0.29, 0.717) is 17.2 Å². The molecule has 0 saturated carbocycles. The largest absolute Gasteiger partial charge is 0.512 e. The van der Waals surface area contributed by atoms with Crippen molar-refractivity contribution in [3.8, 4) is 11.6 Å². The van der Waals surface area contributed by atoms with Crippen LogP contribution in [0.1, 0.15) is 41.5 Å². The van der Waals surface area contributed by atoms with Gasteiger partial charge in [-0.2, -0.15) is 18.2 Å². The molecule has 2 heterocycles. The van der Waals surface area contributed by atoms with Crippen LogP contribution in [0, 0.1) is 16.9 Å². The van der Waals surface area contributed by atoms with Crippen LogP contribution in [0.2, 0.25) is 0 Å². The Labute approximate surface area is 191 Å². The number of ketones is 1. The number of hydrogen-bond acceptors (Lipinski definition) is 5. The van der Waals surface area contributed by atoms with Gasteiger partial charge in [-0.25, -0.2) is 4.98 Å². The first kappa shape index (κ1) is 25.6. The molecular weight excluding hydrogens is 558 g/mol. The summed E-state index contributed by atoms with van der Waals surface area (Å²) in [5.41, 5.74) is -0.111. The number of para-hydroxylation sites is 1. The number of rotatable bonds is 3. The molecule has 0 aliphatic rings. The van der Waals surface area contributed by atoms with Crippen LogP contribution in [0.15, 0.2) is 65.1 Å². The van der Waals surface area contributed by atoms with Crippen molar-refractivity contribution in [3.05, 3.63) is 66.8 Å². The Hall–Kier alpha value is -2.43. The Morgan fingerprint density at radius 2 is 1.80 bits per heavy atom. The number of fused-ring (bicyclic) bond motifs is 1. The van der Waals surface area contributed by atoms with Crippen molar-refractivity contribution < 1.29 is 39.2 Å². The predicted octanol–water partition coefficient (Wildman–Crippen LogP) is 6.51. The van der Waals surface area contributed by atoms with Gasteiger partial charge in [-0.15, -0.1) is 12.1 Å². The van der Waals surface area contributed by atoms with Gasteiger partial charge < -0.3 is 14.3 Å². The van der Waals surface area contributed by atoms with Crippen LogP contribution >= 0.6 is 0 Å². The number of aromatic nitrogens is 1. The second kappa shape index (κ2) is 10.6. The standard InChI is InChI=1S/C13H8NO2.C11H20O2.Ir/c1-2-4-11(5-3-1)16-13-12-10(6-8-14-13)7-9-15-12;1-10(2,3)8(12)7-9(13)11(4,5)6;/h1-4,6-9H;7,12H,1-6H3;/q-1;;/b;8-7-;. The Morgan fingerprint density at radius 3 is 2.37 bits per heavy atom. The molecule has 1 aromatic carbocycles. The number of pyridine rings is 1. The van der Waals surface area contributed by atoms with Gasteiger partial charge in [0.05, 0.1) is 6.26 Å². The van der Waals surface area contributed by atoms with Gasteiger partial charge in [-0.05, 0) is 12.1 Å². The molecule has 0 atom stereocenters. The summed E-state index contributed by atoms with van der Waals surface area (Å²) in [5.74, 6) is 1.19. The molecular formula is C24H28IrNO4-. The number of aliphatic hydroxyl groups is 1. The predicted molar refractivity (Wildman–Crippen MR) is 114 cm³/mol. The fourth-order valence-corrected chi connectivity index (χ4v) is 2.04. The first-order valence-electron chi connectivity index (χ1n) is 9.41. The molecule has 0 unspecified atom stereocenters. The Morgan fingerprint density at radius 1 is 1.10 bits per heavy atom. The third kappa shape index (κ3) is 7.43. The Balaban J connectivity index is 0.000000299. The minimum absolute atomic E-state index is 0. The summed E-state index contributed by atoms with van der Waals surface area (Å²) >= 11 is 0. The minimum Gasteiger partial charge on any atom is -0.512 e. The normalized spacial score (nSPS) is 11.9. The summed E-state index contributed by atoms with van der Waals surface area (Å²) < 4.78 is 10.9. The van der Waals surface area contributed by atoms with Gasteiger partial charge >= 0.3 is 0 Å². The van der Waals surface area contributed by atoms with E-state index in [1.807, 2.05) is 71.9 Å². The molecule has 5 nitrogen and oxygen atoms in total. The van der Waals surface area contributed by atoms with Crippen molar-refractivity contribution in [1.82, 2.24) is 4.98 Å². The van der Waals surface area contributed by atoms with E-state index in [0.717, 1.165) is 5.39 Å². The maximum atomic E-state index is 11.5. The average Bonchev–Trinajstić information content (AvgIpc) is 3.11. The number of furan rings is 1. The van der Waals surface area contributed by atoms with Crippen LogP contribution in [0.5, 0.6) is 11.6 Å². The number of nitrogens with zero attached hydrogens (tertiary/aromatic N) is 1. The summed E-state index contributed by atoms with van der Waals surface area (Å²) in [4.78, 5) is 15.6. The number of allylic oxidation sites excluding steroid dienone is 2. The van der Waals surface area contributed by atoms with Crippen LogP contribution in [0.3, 0.4) is 0 Å². The molecule has 1 radical (unpaired) electrons. The zero-order chi connectivity index (χ0) is 21.7. The minimum atomic E-state index is -0.417. The van der Waals surface area contributed by atoms with Crippen LogP contribution < -0.4 is 4.74 Å². The molecule has 0 aliphatic heterocycles. The molecule has 6 heteroatoms. The van der Waals surface area contributed by atoms with Gasteiger partial charge in [0.15, 0.2) is 11.4 Å². The van der Waals surface area contributed by atoms with Crippen LogP contribution in [0.4, 0.5) is 0 Å². The molecule has 30 heavy (non-hydrogen) atoms. The van der Waals surface area contributed by atoms with E-state index < -0.39 is 5.41 Å². The maximum absolute atomic E-state index is 11.5. The van der Waals surface area contributed by atoms with E-state index in [4.69, 9.17) is 9.15 Å². The molecule has 2 aromatic heterocycles. The number of carbonyl (C=O) groups excluding carboxylic acids is 1. The monoisotopic (exact) mass is 587 g/mol. The first-order valence-corrected chi connectivity index (χ1v) is 9.41. The molecule has 0 fully saturated rings. The molecule has 163 valence electrons. The van der Waals surface area contributed by atoms with Crippen LogP contribution in [-0.2, 0) is 24.9 Å². The van der Waals surface area contributed by atoms with Gasteiger partial charge in [0.25, 0.3) is 5.88 Å². The smallest absolute Gasteiger partial charge is 0.261 e. The molecule has 0 bridgehead atoms. The van der Waals surface area contributed by atoms with E-state index in [9.17, 15) is 9.90 Å². The van der Waals surface area contributed by atoms with Gasteiger partial charge in [0.1, 0.15) is 5.76 Å². The zero-order valence-corrected chi connectivity index (χ0v) is 20.5. The van der Waals surface area contributed by atoms with Crippen molar-refractivity contribution in [1.29, 1.82) is 0 Å². The zero-order valence-electron chi connectivity index (χ0n) is 18.1. The molecule has 0 spiro atoms. The average molecular weight is 587 g/mol.